The van der Waals surface area contributed by atoms with Crippen molar-refractivity contribution in [1.29, 1.82) is 0 Å². The van der Waals surface area contributed by atoms with Crippen LogP contribution in [0.4, 0.5) is 10.7 Å². The van der Waals surface area contributed by atoms with Crippen LogP contribution in [-0.2, 0) is 27.2 Å². The van der Waals surface area contributed by atoms with Gasteiger partial charge >= 0.3 is 5.97 Å². The van der Waals surface area contributed by atoms with Gasteiger partial charge in [0.2, 0.25) is 5.91 Å². The van der Waals surface area contributed by atoms with E-state index < -0.39 is 18.5 Å². The summed E-state index contributed by atoms with van der Waals surface area (Å²) < 4.78 is 5.33. The van der Waals surface area contributed by atoms with Crippen molar-refractivity contribution in [3.05, 3.63) is 58.5 Å². The first-order chi connectivity index (χ1) is 14.5. The maximum atomic E-state index is 12.8. The third-order valence-corrected chi connectivity index (χ3v) is 6.27. The minimum atomic E-state index is -0.578. The number of carbonyl (C=O) groups excluding carboxylic acids is 3. The van der Waals surface area contributed by atoms with Gasteiger partial charge in [0.25, 0.3) is 5.91 Å². The lowest BCUT2D eigenvalue weighted by molar-refractivity contribution is -0.119. The van der Waals surface area contributed by atoms with E-state index in [4.69, 9.17) is 4.74 Å². The van der Waals surface area contributed by atoms with Crippen LogP contribution in [0.3, 0.4) is 0 Å². The van der Waals surface area contributed by atoms with Crippen LogP contribution in [0.5, 0.6) is 0 Å². The fourth-order valence-electron chi connectivity index (χ4n) is 3.75. The number of thiophene rings is 1. The Morgan fingerprint density at radius 2 is 1.77 bits per heavy atom. The molecule has 1 aliphatic carbocycles. The van der Waals surface area contributed by atoms with Gasteiger partial charge in [-0.3, -0.25) is 9.59 Å². The van der Waals surface area contributed by atoms with Crippen LogP contribution in [-0.4, -0.2) is 24.4 Å². The molecule has 0 bridgehead atoms. The second-order valence-electron chi connectivity index (χ2n) is 7.25. The van der Waals surface area contributed by atoms with E-state index in [1.165, 1.54) is 18.3 Å². The van der Waals surface area contributed by atoms with Crippen LogP contribution in [0.15, 0.2) is 42.5 Å². The molecule has 1 aliphatic rings. The SMILES string of the molecule is CC(=O)Nc1sc2c(c1C(=O)OCC(=O)Nc1cccc3ccccc13)CCCC2. The smallest absolute Gasteiger partial charge is 0.341 e. The zero-order valence-electron chi connectivity index (χ0n) is 16.6. The molecule has 4 rings (SSSR count). The Labute approximate surface area is 178 Å². The van der Waals surface area contributed by atoms with Crippen LogP contribution in [0.1, 0.15) is 40.6 Å². The third-order valence-electron chi connectivity index (χ3n) is 5.06. The quantitative estimate of drug-likeness (QED) is 0.592. The minimum Gasteiger partial charge on any atom is -0.452 e. The third kappa shape index (κ3) is 4.21. The van der Waals surface area contributed by atoms with Crippen LogP contribution in [0, 0.1) is 0 Å². The molecule has 0 saturated heterocycles. The Balaban J connectivity index is 1.47. The minimum absolute atomic E-state index is 0.239. The summed E-state index contributed by atoms with van der Waals surface area (Å²) in [4.78, 5) is 37.9. The number of carbonyl (C=O) groups is 3. The van der Waals surface area contributed by atoms with Crippen molar-refractivity contribution in [3.63, 3.8) is 0 Å². The number of hydrogen-bond acceptors (Lipinski definition) is 5. The predicted octanol–water partition coefficient (Wildman–Crippen LogP) is 4.53. The number of benzene rings is 2. The highest BCUT2D eigenvalue weighted by atomic mass is 32.1. The Morgan fingerprint density at radius 3 is 2.60 bits per heavy atom. The van der Waals surface area contributed by atoms with Gasteiger partial charge in [-0.1, -0.05) is 36.4 Å². The predicted molar refractivity (Wildman–Crippen MR) is 118 cm³/mol. The molecule has 0 saturated carbocycles. The number of hydrogen-bond donors (Lipinski definition) is 2. The molecule has 2 aromatic carbocycles. The van der Waals surface area contributed by atoms with Crippen molar-refractivity contribution in [2.75, 3.05) is 17.2 Å². The largest absolute Gasteiger partial charge is 0.452 e. The van der Waals surface area contributed by atoms with E-state index in [1.807, 2.05) is 42.5 Å². The lowest BCUT2D eigenvalue weighted by Gasteiger charge is -2.13. The second-order valence-corrected chi connectivity index (χ2v) is 8.35. The van der Waals surface area contributed by atoms with Gasteiger partial charge in [0.05, 0.1) is 5.56 Å². The Hall–Kier alpha value is -3.19. The van der Waals surface area contributed by atoms with Gasteiger partial charge in [0.15, 0.2) is 6.61 Å². The lowest BCUT2D eigenvalue weighted by Crippen LogP contribution is -2.22. The lowest BCUT2D eigenvalue weighted by atomic mass is 9.95. The number of rotatable bonds is 5. The van der Waals surface area contributed by atoms with Gasteiger partial charge in [0.1, 0.15) is 5.00 Å². The van der Waals surface area contributed by atoms with Crippen LogP contribution < -0.4 is 10.6 Å². The van der Waals surface area contributed by atoms with Crippen LogP contribution in [0.25, 0.3) is 10.8 Å². The molecular formula is C23H22N2O4S. The van der Waals surface area contributed by atoms with Gasteiger partial charge in [-0.15, -0.1) is 11.3 Å². The van der Waals surface area contributed by atoms with Gasteiger partial charge < -0.3 is 15.4 Å². The van der Waals surface area contributed by atoms with Crippen molar-refractivity contribution < 1.29 is 19.1 Å². The number of aryl methyl sites for hydroxylation is 1. The van der Waals surface area contributed by atoms with E-state index in [2.05, 4.69) is 10.6 Å². The number of amides is 2. The van der Waals surface area contributed by atoms with Crippen molar-refractivity contribution in [2.24, 2.45) is 0 Å². The summed E-state index contributed by atoms with van der Waals surface area (Å²) in [7, 11) is 0. The first-order valence-electron chi connectivity index (χ1n) is 9.90. The molecule has 0 unspecified atom stereocenters. The molecule has 2 N–H and O–H groups in total. The molecule has 154 valence electrons. The first kappa shape index (κ1) is 20.1. The molecule has 30 heavy (non-hydrogen) atoms. The zero-order valence-corrected chi connectivity index (χ0v) is 17.4. The highest BCUT2D eigenvalue weighted by molar-refractivity contribution is 7.17. The number of anilines is 2. The highest BCUT2D eigenvalue weighted by Crippen LogP contribution is 2.38. The number of fused-ring (bicyclic) bond motifs is 2. The molecule has 7 heteroatoms. The maximum Gasteiger partial charge on any atom is 0.341 e. The molecular weight excluding hydrogens is 400 g/mol. The summed E-state index contributed by atoms with van der Waals surface area (Å²) >= 11 is 1.42. The van der Waals surface area contributed by atoms with E-state index in [0.717, 1.165) is 46.9 Å². The molecule has 0 aliphatic heterocycles. The van der Waals surface area contributed by atoms with E-state index >= 15 is 0 Å². The van der Waals surface area contributed by atoms with Gasteiger partial charge in [-0.2, -0.15) is 0 Å². The summed E-state index contributed by atoms with van der Waals surface area (Å²) in [5.74, 6) is -1.23. The van der Waals surface area contributed by atoms with E-state index in [-0.39, 0.29) is 5.91 Å². The second kappa shape index (κ2) is 8.67. The molecule has 1 heterocycles. The Kier molecular flexibility index (Phi) is 5.81. The van der Waals surface area contributed by atoms with Crippen molar-refractivity contribution in [1.82, 2.24) is 0 Å². The summed E-state index contributed by atoms with van der Waals surface area (Å²) in [6.45, 7) is 1.01. The molecule has 1 aromatic heterocycles. The topological polar surface area (TPSA) is 84.5 Å². The molecule has 0 radical (unpaired) electrons. The van der Waals surface area contributed by atoms with Crippen LogP contribution in [0.2, 0.25) is 0 Å². The van der Waals surface area contributed by atoms with E-state index in [9.17, 15) is 14.4 Å². The van der Waals surface area contributed by atoms with Crippen molar-refractivity contribution in [3.8, 4) is 0 Å². The first-order valence-corrected chi connectivity index (χ1v) is 10.7. The summed E-state index contributed by atoms with van der Waals surface area (Å²) in [6, 6.07) is 13.4. The molecule has 3 aromatic rings. The molecule has 2 amide bonds. The number of ether oxygens (including phenoxy) is 1. The van der Waals surface area contributed by atoms with Crippen LogP contribution >= 0.6 is 11.3 Å². The van der Waals surface area contributed by atoms with E-state index in [0.29, 0.717) is 16.3 Å². The summed E-state index contributed by atoms with van der Waals surface area (Å²) in [5, 5.41) is 7.98. The molecule has 6 nitrogen and oxygen atoms in total. The van der Waals surface area contributed by atoms with Gasteiger partial charge in [-0.05, 0) is 42.7 Å². The van der Waals surface area contributed by atoms with Crippen molar-refractivity contribution >= 4 is 50.6 Å². The maximum absolute atomic E-state index is 12.8. The Bertz CT molecular complexity index is 1130. The molecule has 0 spiro atoms. The van der Waals surface area contributed by atoms with Gasteiger partial charge in [-0.25, -0.2) is 4.79 Å². The average Bonchev–Trinajstić information content (AvgIpc) is 3.09. The number of nitrogens with one attached hydrogen (secondary N) is 2. The monoisotopic (exact) mass is 422 g/mol. The normalized spacial score (nSPS) is 12.8. The summed E-state index contributed by atoms with van der Waals surface area (Å²) in [5.41, 5.74) is 2.00. The fourth-order valence-corrected chi connectivity index (χ4v) is 5.08. The molecule has 0 fully saturated rings. The fraction of sp³-hybridized carbons (Fsp3) is 0.261. The highest BCUT2D eigenvalue weighted by Gasteiger charge is 2.27. The molecule has 0 atom stereocenters. The Morgan fingerprint density at radius 1 is 1.00 bits per heavy atom. The van der Waals surface area contributed by atoms with Gasteiger partial charge in [0, 0.05) is 22.9 Å². The van der Waals surface area contributed by atoms with Crippen molar-refractivity contribution in [2.45, 2.75) is 32.6 Å². The standard InChI is InChI=1S/C23H22N2O4S/c1-14(26)24-22-21(17-10-4-5-12-19(17)30-22)23(28)29-13-20(27)25-18-11-6-8-15-7-2-3-9-16(15)18/h2-3,6-9,11H,4-5,10,12-13H2,1H3,(H,24,26)(H,25,27). The average molecular weight is 423 g/mol. The van der Waals surface area contributed by atoms with E-state index in [1.54, 1.807) is 0 Å². The summed E-state index contributed by atoms with van der Waals surface area (Å²) in [6.07, 6.45) is 3.72. The number of esters is 1. The zero-order chi connectivity index (χ0) is 21.1.